The third-order valence-electron chi connectivity index (χ3n) is 5.43. The minimum Gasteiger partial charge on any atom is -0.388 e. The first-order valence-corrected chi connectivity index (χ1v) is 11.8. The SMILES string of the molecule is NC[C@H](NC(=O)c1ccc(C#CC#Cc2ccc(NC(=O)CCc3ccc(F)cc3)cc2)cc1)C(=O)CO. The molecule has 0 bridgehead atoms. The van der Waals surface area contributed by atoms with E-state index in [0.717, 1.165) is 11.1 Å². The summed E-state index contributed by atoms with van der Waals surface area (Å²) in [7, 11) is 0. The number of aryl methyl sites for hydroxylation is 1. The minimum absolute atomic E-state index is 0.108. The highest BCUT2D eigenvalue weighted by Crippen LogP contribution is 2.11. The van der Waals surface area contributed by atoms with Crippen molar-refractivity contribution in [1.82, 2.24) is 5.32 Å². The van der Waals surface area contributed by atoms with E-state index in [1.165, 1.54) is 12.1 Å². The van der Waals surface area contributed by atoms with Gasteiger partial charge in [0.1, 0.15) is 18.5 Å². The van der Waals surface area contributed by atoms with Gasteiger partial charge in [0.05, 0.1) is 0 Å². The normalized spacial score (nSPS) is 10.7. The topological polar surface area (TPSA) is 122 Å². The third kappa shape index (κ3) is 8.72. The molecule has 0 saturated heterocycles. The van der Waals surface area contributed by atoms with Crippen LogP contribution in [-0.4, -0.2) is 41.9 Å². The van der Waals surface area contributed by atoms with Gasteiger partial charge >= 0.3 is 0 Å². The Kier molecular flexibility index (Phi) is 10.3. The standard InChI is InChI=1S/C30H26FN3O4/c31-25-14-7-23(8-15-25)11-18-29(37)33-26-16-9-22(10-17-26)4-2-1-3-21-5-12-24(13-6-21)30(38)34-27(19-32)28(36)20-35/h5-10,12-17,27,35H,11,18-20,32H2,(H,33,37)(H,34,38)/t27-/m0/s1. The van der Waals surface area contributed by atoms with Gasteiger partial charge in [-0.3, -0.25) is 14.4 Å². The highest BCUT2D eigenvalue weighted by molar-refractivity contribution is 5.98. The van der Waals surface area contributed by atoms with Crippen LogP contribution in [0.15, 0.2) is 72.8 Å². The molecule has 0 aliphatic carbocycles. The van der Waals surface area contributed by atoms with Crippen LogP contribution in [0.4, 0.5) is 10.1 Å². The van der Waals surface area contributed by atoms with Gasteiger partial charge in [0.15, 0.2) is 5.78 Å². The molecule has 0 heterocycles. The molecule has 7 nitrogen and oxygen atoms in total. The Labute approximate surface area is 220 Å². The first kappa shape index (κ1) is 27.8. The zero-order valence-electron chi connectivity index (χ0n) is 20.5. The van der Waals surface area contributed by atoms with E-state index in [0.29, 0.717) is 23.2 Å². The highest BCUT2D eigenvalue weighted by atomic mass is 19.1. The number of benzene rings is 3. The van der Waals surface area contributed by atoms with Crippen LogP contribution in [0.3, 0.4) is 0 Å². The van der Waals surface area contributed by atoms with Gasteiger partial charge < -0.3 is 21.5 Å². The summed E-state index contributed by atoms with van der Waals surface area (Å²) >= 11 is 0. The van der Waals surface area contributed by atoms with E-state index < -0.39 is 24.3 Å². The summed E-state index contributed by atoms with van der Waals surface area (Å²) < 4.78 is 13.0. The van der Waals surface area contributed by atoms with Gasteiger partial charge in [-0.15, -0.1) is 0 Å². The van der Waals surface area contributed by atoms with Crippen LogP contribution in [0.1, 0.15) is 33.5 Å². The summed E-state index contributed by atoms with van der Waals surface area (Å²) in [5.74, 6) is 9.85. The van der Waals surface area contributed by atoms with Crippen molar-refractivity contribution in [1.29, 1.82) is 0 Å². The molecule has 0 spiro atoms. The number of amides is 2. The summed E-state index contributed by atoms with van der Waals surface area (Å²) in [6.45, 7) is -0.804. The molecule has 1 atom stereocenters. The molecule has 0 saturated carbocycles. The number of hydrogen-bond donors (Lipinski definition) is 4. The summed E-state index contributed by atoms with van der Waals surface area (Å²) in [4.78, 5) is 36.0. The van der Waals surface area contributed by atoms with Crippen molar-refractivity contribution in [3.8, 4) is 23.7 Å². The number of anilines is 1. The van der Waals surface area contributed by atoms with Gasteiger partial charge in [0, 0.05) is 35.3 Å². The average Bonchev–Trinajstić information content (AvgIpc) is 2.94. The zero-order chi connectivity index (χ0) is 27.3. The van der Waals surface area contributed by atoms with E-state index in [2.05, 4.69) is 34.3 Å². The number of rotatable bonds is 9. The number of aliphatic hydroxyl groups excluding tert-OH is 1. The molecule has 3 rings (SSSR count). The fourth-order valence-corrected chi connectivity index (χ4v) is 3.30. The van der Waals surface area contributed by atoms with Crippen LogP contribution >= 0.6 is 0 Å². The summed E-state index contributed by atoms with van der Waals surface area (Å²) in [5.41, 5.74) is 8.70. The van der Waals surface area contributed by atoms with Crippen molar-refractivity contribution >= 4 is 23.3 Å². The van der Waals surface area contributed by atoms with Crippen molar-refractivity contribution in [2.45, 2.75) is 18.9 Å². The fraction of sp³-hybridized carbons (Fsp3) is 0.167. The lowest BCUT2D eigenvalue weighted by molar-refractivity contribution is -0.123. The molecule has 0 fully saturated rings. The number of Topliss-reactive ketones (excluding diaryl/α,β-unsaturated/α-hetero) is 1. The van der Waals surface area contributed by atoms with Crippen molar-refractivity contribution in [2.24, 2.45) is 5.73 Å². The fourth-order valence-electron chi connectivity index (χ4n) is 3.30. The van der Waals surface area contributed by atoms with Crippen LogP contribution in [0.5, 0.6) is 0 Å². The second-order valence-corrected chi connectivity index (χ2v) is 8.22. The van der Waals surface area contributed by atoms with E-state index in [-0.39, 0.29) is 24.7 Å². The second kappa shape index (κ2) is 14.1. The van der Waals surface area contributed by atoms with Crippen LogP contribution in [-0.2, 0) is 16.0 Å². The molecule has 0 aromatic heterocycles. The van der Waals surface area contributed by atoms with Crippen LogP contribution in [0.2, 0.25) is 0 Å². The molecule has 192 valence electrons. The number of halogens is 1. The highest BCUT2D eigenvalue weighted by Gasteiger charge is 2.18. The van der Waals surface area contributed by atoms with E-state index in [4.69, 9.17) is 10.8 Å². The van der Waals surface area contributed by atoms with Crippen LogP contribution in [0.25, 0.3) is 0 Å². The Morgan fingerprint density at radius 1 is 0.868 bits per heavy atom. The lowest BCUT2D eigenvalue weighted by Crippen LogP contribution is -2.46. The smallest absolute Gasteiger partial charge is 0.251 e. The van der Waals surface area contributed by atoms with Gasteiger partial charge in [0.2, 0.25) is 5.91 Å². The van der Waals surface area contributed by atoms with Gasteiger partial charge in [0.25, 0.3) is 5.91 Å². The number of carbonyl (C=O) groups is 3. The molecule has 0 unspecified atom stereocenters. The van der Waals surface area contributed by atoms with Gasteiger partial charge in [-0.1, -0.05) is 24.0 Å². The zero-order valence-corrected chi connectivity index (χ0v) is 20.5. The van der Waals surface area contributed by atoms with Crippen molar-refractivity contribution in [3.63, 3.8) is 0 Å². The Morgan fingerprint density at radius 3 is 2.00 bits per heavy atom. The Bertz CT molecular complexity index is 1390. The van der Waals surface area contributed by atoms with Crippen molar-refractivity contribution < 1.29 is 23.9 Å². The maximum Gasteiger partial charge on any atom is 0.251 e. The summed E-state index contributed by atoms with van der Waals surface area (Å²) in [6.07, 6.45) is 0.802. The lowest BCUT2D eigenvalue weighted by Gasteiger charge is -2.14. The maximum absolute atomic E-state index is 13.0. The molecule has 3 aromatic carbocycles. The molecular formula is C30H26FN3O4. The molecular weight excluding hydrogens is 485 g/mol. The number of carbonyl (C=O) groups excluding carboxylic acids is 3. The first-order chi connectivity index (χ1) is 18.4. The third-order valence-corrected chi connectivity index (χ3v) is 5.43. The maximum atomic E-state index is 13.0. The summed E-state index contributed by atoms with van der Waals surface area (Å²) in [5, 5.41) is 14.2. The predicted molar refractivity (Wildman–Crippen MR) is 142 cm³/mol. The molecule has 38 heavy (non-hydrogen) atoms. The Balaban J connectivity index is 1.49. The number of hydrogen-bond acceptors (Lipinski definition) is 5. The van der Waals surface area contributed by atoms with E-state index in [1.54, 1.807) is 60.7 Å². The minimum atomic E-state index is -0.944. The first-order valence-electron chi connectivity index (χ1n) is 11.8. The number of aliphatic hydroxyl groups is 1. The predicted octanol–water partition coefficient (Wildman–Crippen LogP) is 2.42. The Hall–Kier alpha value is -4.76. The van der Waals surface area contributed by atoms with E-state index in [9.17, 15) is 18.8 Å². The molecule has 3 aromatic rings. The van der Waals surface area contributed by atoms with Crippen molar-refractivity contribution in [3.05, 3.63) is 101 Å². The van der Waals surface area contributed by atoms with E-state index in [1.807, 2.05) is 0 Å². The van der Waals surface area contributed by atoms with Gasteiger partial charge in [-0.2, -0.15) is 0 Å². The largest absolute Gasteiger partial charge is 0.388 e. The molecule has 2 amide bonds. The second-order valence-electron chi connectivity index (χ2n) is 8.22. The van der Waals surface area contributed by atoms with Crippen LogP contribution in [0, 0.1) is 29.5 Å². The molecule has 5 N–H and O–H groups in total. The van der Waals surface area contributed by atoms with Gasteiger partial charge in [-0.25, -0.2) is 4.39 Å². The Morgan fingerprint density at radius 2 is 1.45 bits per heavy atom. The number of nitrogens with one attached hydrogen (secondary N) is 2. The van der Waals surface area contributed by atoms with E-state index >= 15 is 0 Å². The molecule has 8 heteroatoms. The number of ketones is 1. The monoisotopic (exact) mass is 511 g/mol. The van der Waals surface area contributed by atoms with Gasteiger partial charge in [-0.05, 0) is 84.5 Å². The molecule has 0 radical (unpaired) electrons. The summed E-state index contributed by atoms with van der Waals surface area (Å²) in [6, 6.07) is 18.6. The average molecular weight is 512 g/mol. The molecule has 0 aliphatic rings. The number of nitrogens with two attached hydrogens (primary N) is 1. The lowest BCUT2D eigenvalue weighted by atomic mass is 10.1. The molecule has 0 aliphatic heterocycles. The van der Waals surface area contributed by atoms with Crippen molar-refractivity contribution in [2.75, 3.05) is 18.5 Å². The quantitative estimate of drug-likeness (QED) is 0.329. The van der Waals surface area contributed by atoms with Crippen LogP contribution < -0.4 is 16.4 Å².